The minimum Gasteiger partial charge on any atom is -0.288 e. The summed E-state index contributed by atoms with van der Waals surface area (Å²) in [4.78, 5) is 24.6. The third kappa shape index (κ3) is 1.49. The van der Waals surface area contributed by atoms with Crippen molar-refractivity contribution in [3.05, 3.63) is 59.2 Å². The van der Waals surface area contributed by atoms with E-state index in [1.807, 2.05) is 18.2 Å². The number of Topliss-reactive ketones (excluding diaryl/α,β-unsaturated/α-hetero) is 2. The fraction of sp³-hybridized carbons (Fsp3) is 0.294. The van der Waals surface area contributed by atoms with Gasteiger partial charge in [0.15, 0.2) is 11.6 Å². The molecular weight excluding hydrogens is 236 g/mol. The second-order valence-electron chi connectivity index (χ2n) is 5.73. The van der Waals surface area contributed by atoms with Gasteiger partial charge in [-0.25, -0.2) is 0 Å². The predicted octanol–water partition coefficient (Wildman–Crippen LogP) is 3.20. The van der Waals surface area contributed by atoms with E-state index in [0.717, 1.165) is 6.42 Å². The van der Waals surface area contributed by atoms with Gasteiger partial charge in [-0.2, -0.15) is 0 Å². The highest BCUT2D eigenvalue weighted by molar-refractivity contribution is 6.39. The van der Waals surface area contributed by atoms with Crippen LogP contribution in [-0.4, -0.2) is 11.6 Å². The van der Waals surface area contributed by atoms with Crippen molar-refractivity contribution in [2.75, 3.05) is 0 Å². The van der Waals surface area contributed by atoms with Crippen LogP contribution in [-0.2, 0) is 0 Å². The van der Waals surface area contributed by atoms with Gasteiger partial charge in [0.2, 0.25) is 0 Å². The minimum atomic E-state index is -0.0904. The van der Waals surface area contributed by atoms with Gasteiger partial charge < -0.3 is 0 Å². The first-order valence-electron chi connectivity index (χ1n) is 6.82. The number of rotatable bonds is 1. The van der Waals surface area contributed by atoms with Crippen molar-refractivity contribution < 1.29 is 9.59 Å². The van der Waals surface area contributed by atoms with Gasteiger partial charge in [-0.1, -0.05) is 42.5 Å². The second-order valence-corrected chi connectivity index (χ2v) is 5.73. The number of carbonyl (C=O) groups excluding carboxylic acids is 2. The second kappa shape index (κ2) is 3.77. The zero-order chi connectivity index (χ0) is 13.0. The maximum atomic E-state index is 12.3. The first kappa shape index (κ1) is 10.9. The van der Waals surface area contributed by atoms with Crippen LogP contribution in [0.15, 0.2) is 48.1 Å². The summed E-state index contributed by atoms with van der Waals surface area (Å²) < 4.78 is 0. The van der Waals surface area contributed by atoms with Crippen LogP contribution in [0.4, 0.5) is 0 Å². The Bertz CT molecular complexity index is 614. The molecule has 0 heterocycles. The summed E-state index contributed by atoms with van der Waals surface area (Å²) in [5, 5.41) is 0. The molecule has 0 aliphatic heterocycles. The smallest absolute Gasteiger partial charge is 0.197 e. The molecule has 0 radical (unpaired) electrons. The van der Waals surface area contributed by atoms with E-state index in [1.54, 1.807) is 12.1 Å². The summed E-state index contributed by atoms with van der Waals surface area (Å²) in [5.74, 6) is 1.37. The predicted molar refractivity (Wildman–Crippen MR) is 72.0 cm³/mol. The Kier molecular flexibility index (Phi) is 2.16. The van der Waals surface area contributed by atoms with Crippen molar-refractivity contribution in [3.8, 4) is 0 Å². The van der Waals surface area contributed by atoms with Crippen LogP contribution in [0.3, 0.4) is 0 Å². The molecule has 0 unspecified atom stereocenters. The molecule has 3 atom stereocenters. The van der Waals surface area contributed by atoms with Crippen LogP contribution in [0.1, 0.15) is 33.6 Å². The number of fused-ring (bicyclic) bond motifs is 3. The molecule has 0 N–H and O–H groups in total. The highest BCUT2D eigenvalue weighted by Crippen LogP contribution is 2.45. The Morgan fingerprint density at radius 3 is 2.16 bits per heavy atom. The van der Waals surface area contributed by atoms with Gasteiger partial charge >= 0.3 is 0 Å². The number of allylic oxidation sites excluding steroid dienone is 4. The number of hydrogen-bond donors (Lipinski definition) is 0. The Balaban J connectivity index is 1.73. The lowest BCUT2D eigenvalue weighted by Crippen LogP contribution is -2.09. The van der Waals surface area contributed by atoms with Crippen LogP contribution in [0.2, 0.25) is 0 Å². The van der Waals surface area contributed by atoms with E-state index in [-0.39, 0.29) is 11.6 Å². The number of benzene rings is 1. The van der Waals surface area contributed by atoms with Gasteiger partial charge in [-0.05, 0) is 30.6 Å². The van der Waals surface area contributed by atoms with Crippen molar-refractivity contribution in [1.82, 2.24) is 0 Å². The summed E-state index contributed by atoms with van der Waals surface area (Å²) >= 11 is 0. The molecule has 2 bridgehead atoms. The topological polar surface area (TPSA) is 34.1 Å². The van der Waals surface area contributed by atoms with Crippen molar-refractivity contribution >= 4 is 11.6 Å². The number of ketones is 2. The van der Waals surface area contributed by atoms with Crippen LogP contribution in [0, 0.1) is 17.8 Å². The monoisotopic (exact) mass is 250 g/mol. The standard InChI is InChI=1S/C17H14O2/c18-16-13-3-1-2-4-14(13)17(19)15(16)9-12-8-10-5-6-11(12)7-10/h1-6,9-12H,7-8H2/t10-,11-,12+/m0/s1. The molecular formula is C17H14O2. The van der Waals surface area contributed by atoms with Gasteiger partial charge in [-0.3, -0.25) is 9.59 Å². The molecule has 94 valence electrons. The Morgan fingerprint density at radius 2 is 1.63 bits per heavy atom. The Hall–Kier alpha value is -1.96. The van der Waals surface area contributed by atoms with E-state index in [0.29, 0.717) is 34.5 Å². The summed E-state index contributed by atoms with van der Waals surface area (Å²) in [6.07, 6.45) is 8.73. The first-order chi connectivity index (χ1) is 9.24. The quantitative estimate of drug-likeness (QED) is 0.436. The lowest BCUT2D eigenvalue weighted by atomic mass is 9.90. The van der Waals surface area contributed by atoms with Crippen molar-refractivity contribution in [2.45, 2.75) is 12.8 Å². The molecule has 3 aliphatic carbocycles. The summed E-state index contributed by atoms with van der Waals surface area (Å²) in [5.41, 5.74) is 1.53. The normalized spacial score (nSPS) is 31.2. The van der Waals surface area contributed by atoms with Gasteiger partial charge in [0, 0.05) is 11.1 Å². The molecule has 19 heavy (non-hydrogen) atoms. The van der Waals surface area contributed by atoms with Crippen LogP contribution in [0.25, 0.3) is 0 Å². The fourth-order valence-electron chi connectivity index (χ4n) is 3.65. The van der Waals surface area contributed by atoms with Crippen molar-refractivity contribution in [2.24, 2.45) is 17.8 Å². The molecule has 1 saturated carbocycles. The maximum Gasteiger partial charge on any atom is 0.197 e. The molecule has 0 amide bonds. The summed E-state index contributed by atoms with van der Waals surface area (Å²) in [6.45, 7) is 0. The van der Waals surface area contributed by atoms with Crippen LogP contribution >= 0.6 is 0 Å². The van der Waals surface area contributed by atoms with Gasteiger partial charge in [0.25, 0.3) is 0 Å². The van der Waals surface area contributed by atoms with Gasteiger partial charge in [0.05, 0.1) is 5.57 Å². The highest BCUT2D eigenvalue weighted by Gasteiger charge is 2.38. The van der Waals surface area contributed by atoms with E-state index >= 15 is 0 Å². The van der Waals surface area contributed by atoms with Crippen molar-refractivity contribution in [1.29, 1.82) is 0 Å². The number of carbonyl (C=O) groups is 2. The molecule has 2 heteroatoms. The molecule has 0 saturated heterocycles. The molecule has 3 aliphatic rings. The van der Waals surface area contributed by atoms with Gasteiger partial charge in [0.1, 0.15) is 0 Å². The van der Waals surface area contributed by atoms with E-state index in [4.69, 9.17) is 0 Å². The minimum absolute atomic E-state index is 0.0904. The highest BCUT2D eigenvalue weighted by atomic mass is 16.2. The average Bonchev–Trinajstić information content (AvgIpc) is 3.10. The Labute approximate surface area is 111 Å². The number of hydrogen-bond acceptors (Lipinski definition) is 2. The van der Waals surface area contributed by atoms with E-state index in [1.165, 1.54) is 6.42 Å². The van der Waals surface area contributed by atoms with E-state index in [9.17, 15) is 9.59 Å². The summed E-state index contributed by atoms with van der Waals surface area (Å²) in [7, 11) is 0. The SMILES string of the molecule is O=C1C(=C[C@H]2C[C@H]3C=C[C@H]2C3)C(=O)c2ccccc21. The summed E-state index contributed by atoms with van der Waals surface area (Å²) in [6, 6.07) is 7.12. The lowest BCUT2D eigenvalue weighted by Gasteiger charge is -2.13. The zero-order valence-corrected chi connectivity index (χ0v) is 10.5. The fourth-order valence-corrected chi connectivity index (χ4v) is 3.65. The molecule has 0 aromatic heterocycles. The molecule has 4 rings (SSSR count). The molecule has 0 spiro atoms. The molecule has 2 nitrogen and oxygen atoms in total. The lowest BCUT2D eigenvalue weighted by molar-refractivity contribution is 0.0987. The van der Waals surface area contributed by atoms with Crippen LogP contribution < -0.4 is 0 Å². The molecule has 1 aromatic rings. The van der Waals surface area contributed by atoms with E-state index < -0.39 is 0 Å². The van der Waals surface area contributed by atoms with Crippen molar-refractivity contribution in [3.63, 3.8) is 0 Å². The largest absolute Gasteiger partial charge is 0.288 e. The zero-order valence-electron chi connectivity index (χ0n) is 10.5. The first-order valence-corrected chi connectivity index (χ1v) is 6.82. The molecule has 1 aromatic carbocycles. The van der Waals surface area contributed by atoms with Crippen LogP contribution in [0.5, 0.6) is 0 Å². The third-order valence-corrected chi connectivity index (χ3v) is 4.62. The Morgan fingerprint density at radius 1 is 0.947 bits per heavy atom. The average molecular weight is 250 g/mol. The van der Waals surface area contributed by atoms with E-state index in [2.05, 4.69) is 12.2 Å². The molecule has 1 fully saturated rings. The third-order valence-electron chi connectivity index (χ3n) is 4.62. The maximum absolute atomic E-state index is 12.3. The van der Waals surface area contributed by atoms with Gasteiger partial charge in [-0.15, -0.1) is 0 Å².